The predicted octanol–water partition coefficient (Wildman–Crippen LogP) is 2.65. The molecular weight excluding hydrogens is 320 g/mol. The van der Waals surface area contributed by atoms with Gasteiger partial charge in [0, 0.05) is 23.1 Å². The number of hydrogen-bond acceptors (Lipinski definition) is 6. The number of rotatable bonds is 7. The molecule has 0 bridgehead atoms. The van der Waals surface area contributed by atoms with Crippen molar-refractivity contribution in [2.45, 2.75) is 6.42 Å². The van der Waals surface area contributed by atoms with E-state index in [1.807, 2.05) is 5.38 Å². The van der Waals surface area contributed by atoms with Gasteiger partial charge in [0.2, 0.25) is 0 Å². The van der Waals surface area contributed by atoms with Crippen LogP contribution in [0.1, 0.15) is 15.9 Å². The topological polar surface area (TPSA) is 90.7 Å². The number of amides is 1. The van der Waals surface area contributed by atoms with Gasteiger partial charge in [-0.3, -0.25) is 14.9 Å². The highest BCUT2D eigenvalue weighted by Crippen LogP contribution is 2.34. The van der Waals surface area contributed by atoms with Crippen LogP contribution in [0, 0.1) is 10.1 Å². The summed E-state index contributed by atoms with van der Waals surface area (Å²) in [4.78, 5) is 22.6. The SMILES string of the molecule is COc1cc(CCNC(=O)c2ccsc2)c([N+](=O)[O-])cc1OC. The molecule has 0 aliphatic carbocycles. The van der Waals surface area contributed by atoms with E-state index in [2.05, 4.69) is 5.32 Å². The summed E-state index contributed by atoms with van der Waals surface area (Å²) in [5.74, 6) is 0.511. The van der Waals surface area contributed by atoms with E-state index in [1.54, 1.807) is 17.5 Å². The largest absolute Gasteiger partial charge is 0.493 e. The first-order valence-electron chi connectivity index (χ1n) is 6.76. The Morgan fingerprint density at radius 2 is 2.00 bits per heavy atom. The monoisotopic (exact) mass is 336 g/mol. The Bertz CT molecular complexity index is 700. The van der Waals surface area contributed by atoms with Gasteiger partial charge >= 0.3 is 0 Å². The second kappa shape index (κ2) is 7.59. The molecule has 0 unspecified atom stereocenters. The normalized spacial score (nSPS) is 10.2. The fourth-order valence-electron chi connectivity index (χ4n) is 2.09. The highest BCUT2D eigenvalue weighted by molar-refractivity contribution is 7.08. The summed E-state index contributed by atoms with van der Waals surface area (Å²) in [6, 6.07) is 4.61. The molecule has 0 fully saturated rings. The average Bonchev–Trinajstić information content (AvgIpc) is 3.08. The number of carbonyl (C=O) groups is 1. The van der Waals surface area contributed by atoms with E-state index in [4.69, 9.17) is 9.47 Å². The highest BCUT2D eigenvalue weighted by atomic mass is 32.1. The molecule has 0 radical (unpaired) electrons. The number of hydrogen-bond donors (Lipinski definition) is 1. The Morgan fingerprint density at radius 3 is 2.57 bits per heavy atom. The molecule has 1 heterocycles. The van der Waals surface area contributed by atoms with Gasteiger partial charge in [-0.25, -0.2) is 0 Å². The van der Waals surface area contributed by atoms with Crippen LogP contribution in [0.15, 0.2) is 29.0 Å². The Hall–Kier alpha value is -2.61. The van der Waals surface area contributed by atoms with E-state index < -0.39 is 4.92 Å². The number of nitro groups is 1. The molecule has 0 saturated carbocycles. The van der Waals surface area contributed by atoms with E-state index in [0.717, 1.165) is 0 Å². The number of ether oxygens (including phenoxy) is 2. The maximum absolute atomic E-state index is 11.9. The Kier molecular flexibility index (Phi) is 5.53. The number of nitrogens with zero attached hydrogens (tertiary/aromatic N) is 1. The smallest absolute Gasteiger partial charge is 0.276 e. The molecule has 0 atom stereocenters. The quantitative estimate of drug-likeness (QED) is 0.620. The van der Waals surface area contributed by atoms with Gasteiger partial charge < -0.3 is 14.8 Å². The van der Waals surface area contributed by atoms with Crippen molar-refractivity contribution in [1.29, 1.82) is 0 Å². The van der Waals surface area contributed by atoms with Gasteiger partial charge in [0.1, 0.15) is 0 Å². The van der Waals surface area contributed by atoms with Crippen molar-refractivity contribution >= 4 is 22.9 Å². The Morgan fingerprint density at radius 1 is 1.30 bits per heavy atom. The van der Waals surface area contributed by atoms with Gasteiger partial charge in [-0.2, -0.15) is 11.3 Å². The van der Waals surface area contributed by atoms with Crippen LogP contribution in [-0.4, -0.2) is 31.6 Å². The van der Waals surface area contributed by atoms with Gasteiger partial charge in [-0.15, -0.1) is 0 Å². The summed E-state index contributed by atoms with van der Waals surface area (Å²) in [7, 11) is 2.88. The zero-order valence-corrected chi connectivity index (χ0v) is 13.5. The van der Waals surface area contributed by atoms with Gasteiger partial charge in [-0.1, -0.05) is 0 Å². The van der Waals surface area contributed by atoms with E-state index in [9.17, 15) is 14.9 Å². The average molecular weight is 336 g/mol. The van der Waals surface area contributed by atoms with Crippen LogP contribution in [0.25, 0.3) is 0 Å². The predicted molar refractivity (Wildman–Crippen MR) is 86.6 cm³/mol. The van der Waals surface area contributed by atoms with Gasteiger partial charge in [0.05, 0.1) is 25.2 Å². The lowest BCUT2D eigenvalue weighted by molar-refractivity contribution is -0.385. The van der Waals surface area contributed by atoms with Crippen LogP contribution in [0.4, 0.5) is 5.69 Å². The van der Waals surface area contributed by atoms with Crippen molar-refractivity contribution in [3.05, 3.63) is 50.2 Å². The molecule has 7 nitrogen and oxygen atoms in total. The molecule has 1 aromatic heterocycles. The molecule has 0 aliphatic heterocycles. The summed E-state index contributed by atoms with van der Waals surface area (Å²) in [5.41, 5.74) is 0.988. The van der Waals surface area contributed by atoms with Crippen LogP contribution in [0.5, 0.6) is 11.5 Å². The highest BCUT2D eigenvalue weighted by Gasteiger charge is 2.19. The van der Waals surface area contributed by atoms with Gasteiger partial charge in [0.15, 0.2) is 11.5 Å². The zero-order chi connectivity index (χ0) is 16.8. The van der Waals surface area contributed by atoms with Crippen molar-refractivity contribution in [3.63, 3.8) is 0 Å². The van der Waals surface area contributed by atoms with Crippen molar-refractivity contribution < 1.29 is 19.2 Å². The summed E-state index contributed by atoms with van der Waals surface area (Å²) in [6.07, 6.45) is 0.312. The second-order valence-electron chi connectivity index (χ2n) is 4.61. The second-order valence-corrected chi connectivity index (χ2v) is 5.39. The van der Waals surface area contributed by atoms with Crippen molar-refractivity contribution in [2.24, 2.45) is 0 Å². The molecule has 2 aromatic rings. The molecule has 0 aliphatic rings. The molecule has 1 aromatic carbocycles. The third-order valence-corrected chi connectivity index (χ3v) is 3.93. The minimum Gasteiger partial charge on any atom is -0.493 e. The first kappa shape index (κ1) is 16.8. The van der Waals surface area contributed by atoms with Crippen LogP contribution < -0.4 is 14.8 Å². The lowest BCUT2D eigenvalue weighted by Crippen LogP contribution is -2.25. The van der Waals surface area contributed by atoms with E-state index in [1.165, 1.54) is 31.6 Å². The number of nitro benzene ring substituents is 1. The fraction of sp³-hybridized carbons (Fsp3) is 0.267. The fourth-order valence-corrected chi connectivity index (χ4v) is 2.72. The van der Waals surface area contributed by atoms with Crippen LogP contribution in [-0.2, 0) is 6.42 Å². The molecule has 23 heavy (non-hydrogen) atoms. The van der Waals surface area contributed by atoms with Gasteiger partial charge in [0.25, 0.3) is 11.6 Å². The molecular formula is C15H16N2O5S. The van der Waals surface area contributed by atoms with E-state index in [0.29, 0.717) is 29.0 Å². The molecule has 122 valence electrons. The number of carbonyl (C=O) groups excluding carboxylic acids is 1. The summed E-state index contributed by atoms with van der Waals surface area (Å²) < 4.78 is 10.2. The maximum atomic E-state index is 11.9. The molecule has 1 N–H and O–H groups in total. The van der Waals surface area contributed by atoms with Crippen LogP contribution in [0.2, 0.25) is 0 Å². The van der Waals surface area contributed by atoms with Gasteiger partial charge in [-0.05, 0) is 23.9 Å². The number of methoxy groups -OCH3 is 2. The van der Waals surface area contributed by atoms with Crippen molar-refractivity contribution in [3.8, 4) is 11.5 Å². The molecule has 0 saturated heterocycles. The van der Waals surface area contributed by atoms with Crippen molar-refractivity contribution in [2.75, 3.05) is 20.8 Å². The van der Waals surface area contributed by atoms with E-state index >= 15 is 0 Å². The summed E-state index contributed by atoms with van der Waals surface area (Å²) in [5, 5.41) is 17.5. The summed E-state index contributed by atoms with van der Waals surface area (Å²) >= 11 is 1.43. The zero-order valence-electron chi connectivity index (χ0n) is 12.7. The lowest BCUT2D eigenvalue weighted by atomic mass is 10.1. The first-order chi connectivity index (χ1) is 11.1. The lowest BCUT2D eigenvalue weighted by Gasteiger charge is -2.11. The molecule has 0 spiro atoms. The Labute approximate surface area is 137 Å². The third kappa shape index (κ3) is 3.98. The van der Waals surface area contributed by atoms with E-state index in [-0.39, 0.29) is 18.1 Å². The van der Waals surface area contributed by atoms with Crippen LogP contribution in [0.3, 0.4) is 0 Å². The first-order valence-corrected chi connectivity index (χ1v) is 7.70. The third-order valence-electron chi connectivity index (χ3n) is 3.24. The molecule has 2 rings (SSSR count). The van der Waals surface area contributed by atoms with Crippen molar-refractivity contribution in [1.82, 2.24) is 5.32 Å². The number of thiophene rings is 1. The number of benzene rings is 1. The number of nitrogens with one attached hydrogen (secondary N) is 1. The summed E-state index contributed by atoms with van der Waals surface area (Å²) in [6.45, 7) is 0.283. The maximum Gasteiger partial charge on any atom is 0.276 e. The standard InChI is InChI=1S/C15H16N2O5S/c1-21-13-7-10(12(17(19)20)8-14(13)22-2)3-5-16-15(18)11-4-6-23-9-11/h4,6-9H,3,5H2,1-2H3,(H,16,18). The Balaban J connectivity index is 2.11. The minimum absolute atomic E-state index is 0.0626. The molecule has 8 heteroatoms. The molecule has 1 amide bonds. The van der Waals surface area contributed by atoms with Crippen LogP contribution >= 0.6 is 11.3 Å². The minimum atomic E-state index is -0.474.